The fourth-order valence-corrected chi connectivity index (χ4v) is 5.52. The molecule has 160 valence electrons. The number of thiazole rings is 1. The number of pyridine rings is 1. The molecule has 30 heavy (non-hydrogen) atoms. The molecule has 0 spiro atoms. The Morgan fingerprint density at radius 1 is 1.13 bits per heavy atom. The minimum absolute atomic E-state index is 0.364. The van der Waals surface area contributed by atoms with Gasteiger partial charge in [0, 0.05) is 47.9 Å². The summed E-state index contributed by atoms with van der Waals surface area (Å²) in [4.78, 5) is 14.0. The van der Waals surface area contributed by atoms with Crippen LogP contribution < -0.4 is 0 Å². The van der Waals surface area contributed by atoms with Gasteiger partial charge in [0.25, 0.3) is 0 Å². The van der Waals surface area contributed by atoms with E-state index in [4.69, 9.17) is 4.74 Å². The molecular formula is C21H23F3N4OS. The number of aromatic amines is 1. The van der Waals surface area contributed by atoms with Gasteiger partial charge < -0.3 is 9.72 Å². The van der Waals surface area contributed by atoms with Crippen LogP contribution in [-0.2, 0) is 10.9 Å². The van der Waals surface area contributed by atoms with Crippen molar-refractivity contribution in [2.24, 2.45) is 0 Å². The number of halogens is 3. The smallest absolute Gasteiger partial charge is 0.379 e. The number of hydrogen-bond acceptors (Lipinski definition) is 5. The molecule has 3 aromatic rings. The highest BCUT2D eigenvalue weighted by Crippen LogP contribution is 2.39. The van der Waals surface area contributed by atoms with Crippen molar-refractivity contribution in [3.05, 3.63) is 35.1 Å². The number of fused-ring (bicyclic) bond motifs is 1. The van der Waals surface area contributed by atoms with Crippen LogP contribution in [-0.4, -0.2) is 52.2 Å². The second-order valence-electron chi connectivity index (χ2n) is 8.06. The second-order valence-corrected chi connectivity index (χ2v) is 8.91. The number of nitrogens with zero attached hydrogens (tertiary/aromatic N) is 3. The van der Waals surface area contributed by atoms with Gasteiger partial charge in [-0.05, 0) is 43.2 Å². The number of ether oxygens (including phenoxy) is 1. The van der Waals surface area contributed by atoms with Crippen molar-refractivity contribution in [1.29, 1.82) is 0 Å². The van der Waals surface area contributed by atoms with Crippen molar-refractivity contribution in [1.82, 2.24) is 19.9 Å². The average molecular weight is 437 g/mol. The Balaban J connectivity index is 1.35. The first-order chi connectivity index (χ1) is 14.5. The molecular weight excluding hydrogens is 413 g/mol. The van der Waals surface area contributed by atoms with E-state index in [1.54, 1.807) is 6.20 Å². The standard InChI is InChI=1S/C21H23F3N4OS/c22-21(23,24)18-12-30-20(27-18)17-11-26-19-16(17)9-14(10-25-19)13-1-3-15(4-2-13)28-5-7-29-8-6-28/h9-13,15H,1-8H2,(H,25,26)/t13-,15-. The molecule has 2 fully saturated rings. The number of H-pyrrole nitrogens is 1. The van der Waals surface area contributed by atoms with Gasteiger partial charge in [-0.15, -0.1) is 11.3 Å². The Labute approximate surface area is 176 Å². The predicted octanol–water partition coefficient (Wildman–Crippen LogP) is 5.06. The van der Waals surface area contributed by atoms with E-state index in [-0.39, 0.29) is 0 Å². The van der Waals surface area contributed by atoms with Crippen molar-refractivity contribution in [2.75, 3.05) is 26.3 Å². The molecule has 0 atom stereocenters. The maximum Gasteiger partial charge on any atom is 0.434 e. The quantitative estimate of drug-likeness (QED) is 0.623. The zero-order valence-corrected chi connectivity index (χ0v) is 17.2. The third kappa shape index (κ3) is 3.86. The summed E-state index contributed by atoms with van der Waals surface area (Å²) < 4.78 is 44.3. The van der Waals surface area contributed by atoms with E-state index in [0.717, 1.165) is 79.7 Å². The Morgan fingerprint density at radius 3 is 2.60 bits per heavy atom. The molecule has 1 saturated carbocycles. The topological polar surface area (TPSA) is 54.0 Å². The second kappa shape index (κ2) is 7.94. The lowest BCUT2D eigenvalue weighted by molar-refractivity contribution is -0.140. The molecule has 5 nitrogen and oxygen atoms in total. The monoisotopic (exact) mass is 436 g/mol. The van der Waals surface area contributed by atoms with E-state index >= 15 is 0 Å². The molecule has 0 unspecified atom stereocenters. The first kappa shape index (κ1) is 20.0. The number of morpholine rings is 1. The van der Waals surface area contributed by atoms with Crippen molar-refractivity contribution >= 4 is 22.4 Å². The van der Waals surface area contributed by atoms with Crippen LogP contribution in [0.4, 0.5) is 13.2 Å². The highest BCUT2D eigenvalue weighted by Gasteiger charge is 2.34. The third-order valence-corrected chi connectivity index (χ3v) is 7.18. The summed E-state index contributed by atoms with van der Waals surface area (Å²) in [6.45, 7) is 3.68. The molecule has 1 saturated heterocycles. The fraction of sp³-hybridized carbons (Fsp3) is 0.524. The van der Waals surface area contributed by atoms with Crippen LogP contribution in [0.1, 0.15) is 42.9 Å². The van der Waals surface area contributed by atoms with Gasteiger partial charge in [-0.1, -0.05) is 0 Å². The number of aromatic nitrogens is 3. The van der Waals surface area contributed by atoms with E-state index < -0.39 is 11.9 Å². The van der Waals surface area contributed by atoms with Gasteiger partial charge in [-0.3, -0.25) is 4.90 Å². The molecule has 3 aromatic heterocycles. The van der Waals surface area contributed by atoms with E-state index in [1.807, 2.05) is 6.20 Å². The fourth-order valence-electron chi connectivity index (χ4n) is 4.66. The minimum Gasteiger partial charge on any atom is -0.379 e. The van der Waals surface area contributed by atoms with Crippen LogP contribution in [0.3, 0.4) is 0 Å². The summed E-state index contributed by atoms with van der Waals surface area (Å²) in [5.74, 6) is 0.434. The molecule has 1 aliphatic carbocycles. The zero-order valence-electron chi connectivity index (χ0n) is 16.4. The molecule has 1 aliphatic heterocycles. The van der Waals surface area contributed by atoms with Gasteiger partial charge in [-0.2, -0.15) is 13.2 Å². The van der Waals surface area contributed by atoms with E-state index in [9.17, 15) is 13.2 Å². The van der Waals surface area contributed by atoms with Gasteiger partial charge in [0.15, 0.2) is 5.69 Å². The van der Waals surface area contributed by atoms with Gasteiger partial charge in [-0.25, -0.2) is 9.97 Å². The summed E-state index contributed by atoms with van der Waals surface area (Å²) in [5, 5.41) is 2.27. The molecule has 4 heterocycles. The predicted molar refractivity (Wildman–Crippen MR) is 110 cm³/mol. The maximum absolute atomic E-state index is 12.9. The number of hydrogen-bond donors (Lipinski definition) is 1. The van der Waals surface area contributed by atoms with Gasteiger partial charge in [0.1, 0.15) is 10.7 Å². The molecule has 9 heteroatoms. The Kier molecular flexibility index (Phi) is 5.28. The highest BCUT2D eigenvalue weighted by atomic mass is 32.1. The van der Waals surface area contributed by atoms with Crippen molar-refractivity contribution in [2.45, 2.75) is 43.8 Å². The first-order valence-electron chi connectivity index (χ1n) is 10.3. The van der Waals surface area contributed by atoms with Crippen molar-refractivity contribution < 1.29 is 17.9 Å². The van der Waals surface area contributed by atoms with Crippen molar-refractivity contribution in [3.8, 4) is 10.6 Å². The highest BCUT2D eigenvalue weighted by molar-refractivity contribution is 7.13. The van der Waals surface area contributed by atoms with Crippen LogP contribution in [0.5, 0.6) is 0 Å². The number of rotatable bonds is 3. The van der Waals surface area contributed by atoms with E-state index in [2.05, 4.69) is 25.9 Å². The zero-order chi connectivity index (χ0) is 20.7. The third-order valence-electron chi connectivity index (χ3n) is 6.31. The lowest BCUT2D eigenvalue weighted by Gasteiger charge is -2.38. The van der Waals surface area contributed by atoms with Crippen LogP contribution >= 0.6 is 11.3 Å². The molecule has 0 aromatic carbocycles. The summed E-state index contributed by atoms with van der Waals surface area (Å²) >= 11 is 1.01. The first-order valence-corrected chi connectivity index (χ1v) is 11.2. The molecule has 1 N–H and O–H groups in total. The summed E-state index contributed by atoms with van der Waals surface area (Å²) in [7, 11) is 0. The Morgan fingerprint density at radius 2 is 1.90 bits per heavy atom. The van der Waals surface area contributed by atoms with Gasteiger partial charge in [0.05, 0.1) is 13.2 Å². The number of nitrogens with one attached hydrogen (secondary N) is 1. The van der Waals surface area contributed by atoms with Crippen LogP contribution in [0.2, 0.25) is 0 Å². The van der Waals surface area contributed by atoms with Crippen LogP contribution in [0.15, 0.2) is 23.8 Å². The Hall–Kier alpha value is -1.97. The SMILES string of the molecule is FC(F)(F)c1csc(-c2c[nH]c3ncc([C@H]4CC[C@H](N5CCOCC5)CC4)cc23)n1. The largest absolute Gasteiger partial charge is 0.434 e. The molecule has 0 amide bonds. The normalized spacial score (nSPS) is 23.8. The average Bonchev–Trinajstić information content (AvgIpc) is 3.41. The van der Waals surface area contributed by atoms with Crippen LogP contribution in [0.25, 0.3) is 21.6 Å². The molecule has 2 aliphatic rings. The van der Waals surface area contributed by atoms with E-state index in [0.29, 0.717) is 28.2 Å². The maximum atomic E-state index is 12.9. The Bertz CT molecular complexity index is 1020. The summed E-state index contributed by atoms with van der Waals surface area (Å²) in [6.07, 6.45) is 3.70. The summed E-state index contributed by atoms with van der Waals surface area (Å²) in [5.41, 5.74) is 1.68. The molecule has 0 bridgehead atoms. The number of alkyl halides is 3. The van der Waals surface area contributed by atoms with Crippen molar-refractivity contribution in [3.63, 3.8) is 0 Å². The van der Waals surface area contributed by atoms with Gasteiger partial charge >= 0.3 is 6.18 Å². The lowest BCUT2D eigenvalue weighted by atomic mass is 9.81. The molecule has 0 radical (unpaired) electrons. The van der Waals surface area contributed by atoms with E-state index in [1.165, 1.54) is 0 Å². The lowest BCUT2D eigenvalue weighted by Crippen LogP contribution is -2.44. The molecule has 5 rings (SSSR count). The summed E-state index contributed by atoms with van der Waals surface area (Å²) in [6, 6.07) is 2.71. The van der Waals surface area contributed by atoms with Crippen LogP contribution in [0, 0.1) is 0 Å². The van der Waals surface area contributed by atoms with Gasteiger partial charge in [0.2, 0.25) is 0 Å². The minimum atomic E-state index is -4.43.